The fraction of sp³-hybridized carbons (Fsp3) is 0.172. The minimum Gasteiger partial charge on any atom is -0.488 e. The molecule has 37 heavy (non-hydrogen) atoms. The van der Waals surface area contributed by atoms with E-state index in [1.165, 1.54) is 12.1 Å². The number of nitrogens with zero attached hydrogens (tertiary/aromatic N) is 2. The molecule has 2 aromatic carbocycles. The van der Waals surface area contributed by atoms with Crippen molar-refractivity contribution in [2.75, 3.05) is 12.0 Å². The molecule has 0 fully saturated rings. The molecule has 0 saturated carbocycles. The van der Waals surface area contributed by atoms with Gasteiger partial charge in [0, 0.05) is 29.9 Å². The van der Waals surface area contributed by atoms with Crippen molar-refractivity contribution in [3.05, 3.63) is 113 Å². The Bertz CT molecular complexity index is 1400. The lowest BCUT2D eigenvalue weighted by molar-refractivity contribution is 0.209. The second-order valence-electron chi connectivity index (χ2n) is 7.56. The third-order valence-electron chi connectivity index (χ3n) is 5.30. The molecule has 0 aliphatic heterocycles. The zero-order valence-electron chi connectivity index (χ0n) is 21.1. The molecule has 0 saturated heterocycles. The maximum atomic E-state index is 13.4. The molecule has 8 heteroatoms. The number of ether oxygens (including phenoxy) is 1. The van der Waals surface area contributed by atoms with E-state index in [1.807, 2.05) is 75.4 Å². The summed E-state index contributed by atoms with van der Waals surface area (Å²) in [7, 11) is 2.42. The van der Waals surface area contributed by atoms with Crippen LogP contribution in [0.3, 0.4) is 0 Å². The van der Waals surface area contributed by atoms with Crippen LogP contribution in [0.5, 0.6) is 0 Å². The summed E-state index contributed by atoms with van der Waals surface area (Å²) in [5, 5.41) is 4.87. The predicted octanol–water partition coefficient (Wildman–Crippen LogP) is 8.20. The number of hydrogen-bond acceptors (Lipinski definition) is 4. The molecule has 0 spiro atoms. The molecule has 2 N–H and O–H groups in total. The van der Waals surface area contributed by atoms with Crippen LogP contribution in [0.2, 0.25) is 0 Å². The number of rotatable bonds is 6. The number of aromatic amines is 1. The molecule has 5 nitrogen and oxygen atoms in total. The molecule has 2 heterocycles. The van der Waals surface area contributed by atoms with Crippen molar-refractivity contribution in [3.63, 3.8) is 0 Å². The van der Waals surface area contributed by atoms with E-state index < -0.39 is 0 Å². The molecule has 1 unspecified atom stereocenters. The Balaban J connectivity index is 0.000000907. The number of anilines is 1. The summed E-state index contributed by atoms with van der Waals surface area (Å²) in [6, 6.07) is 14.4. The lowest BCUT2D eigenvalue weighted by atomic mass is 10.1. The Kier molecular flexibility index (Phi) is 10.9. The summed E-state index contributed by atoms with van der Waals surface area (Å²) in [6.45, 7) is 6.15. The molecule has 192 valence electrons. The van der Waals surface area contributed by atoms with Gasteiger partial charge in [-0.2, -0.15) is 0 Å². The van der Waals surface area contributed by atoms with Crippen molar-refractivity contribution in [3.8, 4) is 11.1 Å². The predicted molar refractivity (Wildman–Crippen MR) is 156 cm³/mol. The second kappa shape index (κ2) is 14.3. The van der Waals surface area contributed by atoms with Gasteiger partial charge in [-0.3, -0.25) is 0 Å². The minimum atomic E-state index is -0.294. The van der Waals surface area contributed by atoms with Crippen molar-refractivity contribution in [2.24, 2.45) is 0 Å². The Morgan fingerprint density at radius 1 is 1.05 bits per heavy atom. The van der Waals surface area contributed by atoms with Crippen LogP contribution in [0.15, 0.2) is 102 Å². The maximum absolute atomic E-state index is 13.4. The third-order valence-corrected chi connectivity index (χ3v) is 5.64. The molecular weight excluding hydrogens is 506 g/mol. The molecule has 1 atom stereocenters. The van der Waals surface area contributed by atoms with Gasteiger partial charge in [-0.1, -0.05) is 56.4 Å². The van der Waals surface area contributed by atoms with E-state index in [0.29, 0.717) is 23.0 Å². The average Bonchev–Trinajstić information content (AvgIpc) is 3.43. The van der Waals surface area contributed by atoms with Crippen LogP contribution < -0.4 is 5.32 Å². The molecule has 1 aliphatic rings. The SMILES string of the molecule is CC.CP.Fc1cccc(COC2=C(Cl)CC=C(Nc3ncnc4ccc(-c5cc[nH]c5)cc34)C=C2)c1. The van der Waals surface area contributed by atoms with Crippen molar-refractivity contribution >= 4 is 37.6 Å². The first-order valence-electron chi connectivity index (χ1n) is 12.0. The fourth-order valence-electron chi connectivity index (χ4n) is 3.61. The zero-order chi connectivity index (χ0) is 26.6. The fourth-order valence-corrected chi connectivity index (χ4v) is 3.80. The first-order chi connectivity index (χ1) is 18.2. The summed E-state index contributed by atoms with van der Waals surface area (Å²) >= 11 is 6.45. The number of fused-ring (bicyclic) bond motifs is 1. The summed E-state index contributed by atoms with van der Waals surface area (Å²) < 4.78 is 19.3. The Hall–Kier alpha value is -3.47. The third kappa shape index (κ3) is 7.51. The Morgan fingerprint density at radius 2 is 1.89 bits per heavy atom. The summed E-state index contributed by atoms with van der Waals surface area (Å²) in [4.78, 5) is 11.9. The quantitative estimate of drug-likeness (QED) is 0.244. The van der Waals surface area contributed by atoms with E-state index in [2.05, 4.69) is 35.6 Å². The zero-order valence-corrected chi connectivity index (χ0v) is 23.0. The van der Waals surface area contributed by atoms with E-state index >= 15 is 0 Å². The summed E-state index contributed by atoms with van der Waals surface area (Å²) in [5.41, 5.74) is 4.59. The normalized spacial score (nSPS) is 12.5. The standard InChI is InChI=1S/C26H20ClFN4O.C2H6.CH5P/c27-23-7-5-21(6-9-25(23)33-15-17-2-1-3-20(28)12-17)32-26-22-13-18(19-10-11-29-14-19)4-8-24(22)30-16-31-26;2*1-2/h1-6,8-14,16,29H,7,15H2,(H,30,31,32);1-2H3;2H2,1H3. The molecule has 1 aliphatic carbocycles. The molecule has 5 rings (SSSR count). The van der Waals surface area contributed by atoms with Crippen LogP contribution in [0, 0.1) is 5.82 Å². The smallest absolute Gasteiger partial charge is 0.141 e. The number of hydrogen-bond donors (Lipinski definition) is 2. The van der Waals surface area contributed by atoms with Crippen LogP contribution in [-0.4, -0.2) is 21.6 Å². The van der Waals surface area contributed by atoms with Crippen LogP contribution in [0.1, 0.15) is 25.8 Å². The van der Waals surface area contributed by atoms with Crippen molar-refractivity contribution in [2.45, 2.75) is 26.9 Å². The van der Waals surface area contributed by atoms with Gasteiger partial charge in [-0.05, 0) is 59.2 Å². The van der Waals surface area contributed by atoms with Gasteiger partial charge in [0.25, 0.3) is 0 Å². The number of H-pyrrole nitrogens is 1. The number of nitrogens with one attached hydrogen (secondary N) is 2. The monoisotopic (exact) mass is 536 g/mol. The second-order valence-corrected chi connectivity index (χ2v) is 8.02. The van der Waals surface area contributed by atoms with Crippen LogP contribution in [0.4, 0.5) is 10.2 Å². The van der Waals surface area contributed by atoms with Crippen molar-refractivity contribution < 1.29 is 9.13 Å². The molecular formula is C29H31ClFN4OP. The minimum absolute atomic E-state index is 0.231. The summed E-state index contributed by atoms with van der Waals surface area (Å²) in [6.07, 6.45) is 11.6. The van der Waals surface area contributed by atoms with E-state index in [-0.39, 0.29) is 12.4 Å². The van der Waals surface area contributed by atoms with E-state index in [0.717, 1.165) is 33.3 Å². The van der Waals surface area contributed by atoms with Gasteiger partial charge in [0.2, 0.25) is 0 Å². The topological polar surface area (TPSA) is 62.8 Å². The highest BCUT2D eigenvalue weighted by Gasteiger charge is 2.11. The maximum Gasteiger partial charge on any atom is 0.141 e. The van der Waals surface area contributed by atoms with E-state index in [9.17, 15) is 4.39 Å². The molecule has 0 radical (unpaired) electrons. The number of allylic oxidation sites excluding steroid dienone is 4. The average molecular weight is 537 g/mol. The number of halogens is 2. The van der Waals surface area contributed by atoms with Gasteiger partial charge in [0.05, 0.1) is 10.5 Å². The van der Waals surface area contributed by atoms with E-state index in [1.54, 1.807) is 12.4 Å². The van der Waals surface area contributed by atoms with Crippen LogP contribution in [-0.2, 0) is 11.3 Å². The van der Waals surface area contributed by atoms with Gasteiger partial charge in [0.15, 0.2) is 0 Å². The van der Waals surface area contributed by atoms with Crippen molar-refractivity contribution in [1.82, 2.24) is 15.0 Å². The lowest BCUT2D eigenvalue weighted by Crippen LogP contribution is -2.01. The first kappa shape index (κ1) is 28.1. The van der Waals surface area contributed by atoms with Gasteiger partial charge in [-0.25, -0.2) is 14.4 Å². The number of aromatic nitrogens is 3. The largest absolute Gasteiger partial charge is 0.488 e. The highest BCUT2D eigenvalue weighted by Crippen LogP contribution is 2.29. The Morgan fingerprint density at radius 3 is 2.65 bits per heavy atom. The first-order valence-corrected chi connectivity index (χ1v) is 13.6. The molecule has 0 bridgehead atoms. The van der Waals surface area contributed by atoms with E-state index in [4.69, 9.17) is 16.3 Å². The molecule has 4 aromatic rings. The van der Waals surface area contributed by atoms with Gasteiger partial charge < -0.3 is 15.0 Å². The van der Waals surface area contributed by atoms with Crippen LogP contribution in [0.25, 0.3) is 22.0 Å². The van der Waals surface area contributed by atoms with Gasteiger partial charge >= 0.3 is 0 Å². The molecule has 2 aromatic heterocycles. The Labute approximate surface area is 224 Å². The van der Waals surface area contributed by atoms with Gasteiger partial charge in [0.1, 0.15) is 30.3 Å². The van der Waals surface area contributed by atoms with Gasteiger partial charge in [-0.15, -0.1) is 9.24 Å². The van der Waals surface area contributed by atoms with Crippen LogP contribution >= 0.6 is 20.8 Å². The highest BCUT2D eigenvalue weighted by molar-refractivity contribution is 7.15. The van der Waals surface area contributed by atoms with Crippen molar-refractivity contribution in [1.29, 1.82) is 0 Å². The highest BCUT2D eigenvalue weighted by atomic mass is 35.5. The number of benzene rings is 2. The molecule has 0 amide bonds. The lowest BCUT2D eigenvalue weighted by Gasteiger charge is -2.10. The summed E-state index contributed by atoms with van der Waals surface area (Å²) in [5.74, 6) is 0.960.